The van der Waals surface area contributed by atoms with Crippen molar-refractivity contribution in [2.45, 2.75) is 19.6 Å². The number of nitrogens with zero attached hydrogens (tertiary/aromatic N) is 1. The zero-order chi connectivity index (χ0) is 18.7. The first-order valence-electron chi connectivity index (χ1n) is 7.79. The van der Waals surface area contributed by atoms with E-state index in [9.17, 15) is 20.0 Å². The summed E-state index contributed by atoms with van der Waals surface area (Å²) >= 11 is 1.36. The Morgan fingerprint density at radius 3 is 2.81 bits per heavy atom. The van der Waals surface area contributed by atoms with Crippen LogP contribution in [0.3, 0.4) is 0 Å². The van der Waals surface area contributed by atoms with Gasteiger partial charge in [0.2, 0.25) is 0 Å². The molecule has 0 saturated carbocycles. The van der Waals surface area contributed by atoms with Crippen molar-refractivity contribution < 1.29 is 19.2 Å². The summed E-state index contributed by atoms with van der Waals surface area (Å²) in [4.78, 5) is 24.4. The fourth-order valence-corrected chi connectivity index (χ4v) is 3.50. The Morgan fingerprint density at radius 2 is 2.12 bits per heavy atom. The number of amides is 1. The van der Waals surface area contributed by atoms with Gasteiger partial charge in [-0.25, -0.2) is 0 Å². The monoisotopic (exact) mass is 372 g/mol. The Kier molecular flexibility index (Phi) is 5.15. The number of thiophene rings is 1. The van der Waals surface area contributed by atoms with Gasteiger partial charge in [-0.1, -0.05) is 6.07 Å². The predicted octanol–water partition coefficient (Wildman–Crippen LogP) is 3.57. The Bertz CT molecular complexity index is 933. The highest BCUT2D eigenvalue weighted by Gasteiger charge is 2.19. The summed E-state index contributed by atoms with van der Waals surface area (Å²) in [6.45, 7) is 1.81. The summed E-state index contributed by atoms with van der Waals surface area (Å²) in [5.74, 6) is 0.0717. The lowest BCUT2D eigenvalue weighted by Crippen LogP contribution is -2.23. The number of hydrogen-bond donors (Lipinski definition) is 2. The molecule has 2 aromatic heterocycles. The predicted molar refractivity (Wildman–Crippen MR) is 96.1 cm³/mol. The number of carbonyl (C=O) groups is 1. The number of aliphatic hydroxyl groups is 1. The van der Waals surface area contributed by atoms with Gasteiger partial charge in [0.05, 0.1) is 17.7 Å². The molecule has 134 valence electrons. The highest BCUT2D eigenvalue weighted by atomic mass is 32.1. The van der Waals surface area contributed by atoms with Crippen LogP contribution in [0.15, 0.2) is 53.1 Å². The minimum absolute atomic E-state index is 0.0855. The van der Waals surface area contributed by atoms with Gasteiger partial charge >= 0.3 is 0 Å². The minimum Gasteiger partial charge on any atom is -0.466 e. The second kappa shape index (κ2) is 7.51. The van der Waals surface area contributed by atoms with Crippen LogP contribution in [-0.2, 0) is 6.54 Å². The highest BCUT2D eigenvalue weighted by molar-refractivity contribution is 7.12. The van der Waals surface area contributed by atoms with E-state index >= 15 is 0 Å². The molecule has 0 fully saturated rings. The molecular weight excluding hydrogens is 356 g/mol. The smallest absolute Gasteiger partial charge is 0.273 e. The van der Waals surface area contributed by atoms with Crippen molar-refractivity contribution in [1.29, 1.82) is 0 Å². The molecular formula is C18H16N2O5S. The number of nitrogens with one attached hydrogen (secondary N) is 1. The highest BCUT2D eigenvalue weighted by Crippen LogP contribution is 2.29. The van der Waals surface area contributed by atoms with Gasteiger partial charge < -0.3 is 14.8 Å². The maximum atomic E-state index is 12.3. The molecule has 1 unspecified atom stereocenters. The Balaban J connectivity index is 1.67. The molecule has 3 rings (SSSR count). The first-order valence-corrected chi connectivity index (χ1v) is 8.61. The molecule has 1 amide bonds. The number of benzene rings is 1. The molecule has 3 aromatic rings. The van der Waals surface area contributed by atoms with E-state index in [0.717, 1.165) is 4.88 Å². The van der Waals surface area contributed by atoms with E-state index in [0.29, 0.717) is 16.2 Å². The van der Waals surface area contributed by atoms with E-state index in [1.807, 2.05) is 6.07 Å². The number of carbonyl (C=O) groups excluding carboxylic acids is 1. The van der Waals surface area contributed by atoms with Crippen LogP contribution in [-0.4, -0.2) is 15.9 Å². The summed E-state index contributed by atoms with van der Waals surface area (Å²) in [5, 5.41) is 24.0. The van der Waals surface area contributed by atoms with Crippen molar-refractivity contribution >= 4 is 22.9 Å². The molecule has 0 spiro atoms. The van der Waals surface area contributed by atoms with Gasteiger partial charge in [0.1, 0.15) is 11.9 Å². The zero-order valence-corrected chi connectivity index (χ0v) is 14.7. The minimum atomic E-state index is -0.849. The van der Waals surface area contributed by atoms with Gasteiger partial charge in [-0.05, 0) is 37.3 Å². The normalized spacial score (nSPS) is 11.9. The second-order valence-electron chi connectivity index (χ2n) is 5.61. The Labute approximate surface area is 153 Å². The van der Waals surface area contributed by atoms with Crippen molar-refractivity contribution in [3.05, 3.63) is 85.5 Å². The first-order chi connectivity index (χ1) is 12.5. The lowest BCUT2D eigenvalue weighted by Gasteiger charge is -2.07. The van der Waals surface area contributed by atoms with E-state index in [2.05, 4.69) is 5.32 Å². The number of nitro benzene ring substituents is 1. The van der Waals surface area contributed by atoms with Gasteiger partial charge in [-0.15, -0.1) is 11.3 Å². The molecule has 8 heteroatoms. The standard InChI is InChI=1S/C18H16N2O5S/c1-11-13(4-2-5-14(11)20(23)24)18(22)19-10-12-7-8-16(26-12)17(21)15-6-3-9-25-15/h2-9,17,21H,10H2,1H3,(H,19,22). The van der Waals surface area contributed by atoms with Crippen molar-refractivity contribution in [3.63, 3.8) is 0 Å². The number of nitro groups is 1. The Hall–Kier alpha value is -2.97. The lowest BCUT2D eigenvalue weighted by molar-refractivity contribution is -0.385. The van der Waals surface area contributed by atoms with Crippen LogP contribution in [0.2, 0.25) is 0 Å². The summed E-state index contributed by atoms with van der Waals surface area (Å²) < 4.78 is 5.19. The molecule has 0 aliphatic carbocycles. The van der Waals surface area contributed by atoms with Crippen LogP contribution >= 0.6 is 11.3 Å². The van der Waals surface area contributed by atoms with Crippen LogP contribution in [0.25, 0.3) is 0 Å². The van der Waals surface area contributed by atoms with E-state index in [1.54, 1.807) is 31.2 Å². The average molecular weight is 372 g/mol. The number of rotatable bonds is 6. The van der Waals surface area contributed by atoms with Crippen LogP contribution in [0.1, 0.15) is 37.5 Å². The van der Waals surface area contributed by atoms with Gasteiger partial charge in [-0.3, -0.25) is 14.9 Å². The van der Waals surface area contributed by atoms with Crippen LogP contribution in [0.5, 0.6) is 0 Å². The lowest BCUT2D eigenvalue weighted by atomic mass is 10.1. The quantitative estimate of drug-likeness (QED) is 0.508. The zero-order valence-electron chi connectivity index (χ0n) is 13.8. The van der Waals surface area contributed by atoms with Gasteiger partial charge in [-0.2, -0.15) is 0 Å². The van der Waals surface area contributed by atoms with E-state index in [1.165, 1.54) is 29.7 Å². The topological polar surface area (TPSA) is 106 Å². The van der Waals surface area contributed by atoms with Crippen molar-refractivity contribution in [1.82, 2.24) is 5.32 Å². The van der Waals surface area contributed by atoms with Crippen molar-refractivity contribution in [2.24, 2.45) is 0 Å². The largest absolute Gasteiger partial charge is 0.466 e. The third kappa shape index (κ3) is 3.66. The third-order valence-electron chi connectivity index (χ3n) is 3.93. The molecule has 0 saturated heterocycles. The van der Waals surface area contributed by atoms with Crippen LogP contribution in [0.4, 0.5) is 5.69 Å². The molecule has 0 bridgehead atoms. The number of furan rings is 1. The summed E-state index contributed by atoms with van der Waals surface area (Å²) in [7, 11) is 0. The summed E-state index contributed by atoms with van der Waals surface area (Å²) in [5.41, 5.74) is 0.513. The summed E-state index contributed by atoms with van der Waals surface area (Å²) in [6, 6.07) is 11.4. The molecule has 7 nitrogen and oxygen atoms in total. The molecule has 2 N–H and O–H groups in total. The van der Waals surface area contributed by atoms with Crippen molar-refractivity contribution in [2.75, 3.05) is 0 Å². The molecule has 2 heterocycles. The number of hydrogen-bond acceptors (Lipinski definition) is 6. The van der Waals surface area contributed by atoms with Gasteiger partial charge in [0, 0.05) is 26.9 Å². The molecule has 1 aromatic carbocycles. The first kappa shape index (κ1) is 17.8. The molecule has 0 aliphatic rings. The summed E-state index contributed by atoms with van der Waals surface area (Å²) in [6.07, 6.45) is 0.646. The van der Waals surface area contributed by atoms with E-state index < -0.39 is 11.0 Å². The molecule has 26 heavy (non-hydrogen) atoms. The maximum absolute atomic E-state index is 12.3. The maximum Gasteiger partial charge on any atom is 0.273 e. The number of aliphatic hydroxyl groups excluding tert-OH is 1. The van der Waals surface area contributed by atoms with Gasteiger partial charge in [0.25, 0.3) is 11.6 Å². The molecule has 0 aliphatic heterocycles. The second-order valence-corrected chi connectivity index (χ2v) is 6.81. The fraction of sp³-hybridized carbons (Fsp3) is 0.167. The van der Waals surface area contributed by atoms with Gasteiger partial charge in [0.15, 0.2) is 0 Å². The van der Waals surface area contributed by atoms with E-state index in [-0.39, 0.29) is 23.7 Å². The fourth-order valence-electron chi connectivity index (χ4n) is 2.55. The van der Waals surface area contributed by atoms with Crippen LogP contribution < -0.4 is 5.32 Å². The van der Waals surface area contributed by atoms with E-state index in [4.69, 9.17) is 4.42 Å². The molecule has 0 radical (unpaired) electrons. The molecule has 1 atom stereocenters. The van der Waals surface area contributed by atoms with Crippen LogP contribution in [0, 0.1) is 17.0 Å². The third-order valence-corrected chi connectivity index (χ3v) is 5.07. The Morgan fingerprint density at radius 1 is 1.31 bits per heavy atom. The van der Waals surface area contributed by atoms with Crippen molar-refractivity contribution in [3.8, 4) is 0 Å². The SMILES string of the molecule is Cc1c(C(=O)NCc2ccc(C(O)c3ccco3)s2)cccc1[N+](=O)[O-]. The average Bonchev–Trinajstić information content (AvgIpc) is 3.31.